The van der Waals surface area contributed by atoms with Crippen LogP contribution in [-0.4, -0.2) is 6.54 Å². The Bertz CT molecular complexity index is 498. The number of hydrogen-bond donors (Lipinski definition) is 1. The Kier molecular flexibility index (Phi) is 4.31. The lowest BCUT2D eigenvalue weighted by Crippen LogP contribution is -2.16. The van der Waals surface area contributed by atoms with E-state index in [1.165, 1.54) is 10.9 Å². The van der Waals surface area contributed by atoms with Gasteiger partial charge in [-0.1, -0.05) is 18.2 Å². The molecule has 0 spiro atoms. The van der Waals surface area contributed by atoms with Crippen molar-refractivity contribution in [3.63, 3.8) is 0 Å². The molecule has 0 bridgehead atoms. The van der Waals surface area contributed by atoms with E-state index in [9.17, 15) is 4.39 Å². The van der Waals surface area contributed by atoms with Crippen molar-refractivity contribution in [2.75, 3.05) is 6.54 Å². The van der Waals surface area contributed by atoms with Gasteiger partial charge in [-0.15, -0.1) is 11.3 Å². The third kappa shape index (κ3) is 2.94. The van der Waals surface area contributed by atoms with Gasteiger partial charge in [0.15, 0.2) is 0 Å². The predicted molar refractivity (Wildman–Crippen MR) is 73.9 cm³/mol. The molecule has 1 aromatic carbocycles. The van der Waals surface area contributed by atoms with Crippen molar-refractivity contribution in [2.45, 2.75) is 12.3 Å². The van der Waals surface area contributed by atoms with Crippen LogP contribution in [-0.2, 0) is 6.42 Å². The lowest BCUT2D eigenvalue weighted by atomic mass is 9.95. The molecule has 2 aromatic rings. The van der Waals surface area contributed by atoms with Gasteiger partial charge in [-0.2, -0.15) is 0 Å². The summed E-state index contributed by atoms with van der Waals surface area (Å²) in [5, 5.41) is 2.02. The fourth-order valence-electron chi connectivity index (χ4n) is 1.82. The molecule has 1 nitrogen and oxygen atoms in total. The molecule has 90 valence electrons. The molecule has 0 amide bonds. The van der Waals surface area contributed by atoms with E-state index in [1.54, 1.807) is 17.4 Å². The minimum Gasteiger partial charge on any atom is -0.330 e. The van der Waals surface area contributed by atoms with Crippen LogP contribution >= 0.6 is 27.3 Å². The third-order valence-electron chi connectivity index (χ3n) is 2.75. The molecule has 1 atom stereocenters. The van der Waals surface area contributed by atoms with Gasteiger partial charge < -0.3 is 5.73 Å². The number of nitrogens with two attached hydrogens (primary N) is 1. The summed E-state index contributed by atoms with van der Waals surface area (Å²) in [5.41, 5.74) is 6.47. The zero-order chi connectivity index (χ0) is 12.3. The maximum absolute atomic E-state index is 13.7. The van der Waals surface area contributed by atoms with Crippen LogP contribution in [0.4, 0.5) is 4.39 Å². The maximum Gasteiger partial charge on any atom is 0.126 e. The van der Waals surface area contributed by atoms with Crippen molar-refractivity contribution < 1.29 is 4.39 Å². The zero-order valence-corrected chi connectivity index (χ0v) is 11.6. The lowest BCUT2D eigenvalue weighted by molar-refractivity contribution is 0.577. The molecule has 0 aliphatic rings. The Morgan fingerprint density at radius 3 is 2.65 bits per heavy atom. The van der Waals surface area contributed by atoms with Gasteiger partial charge in [0.25, 0.3) is 0 Å². The van der Waals surface area contributed by atoms with E-state index in [4.69, 9.17) is 5.73 Å². The largest absolute Gasteiger partial charge is 0.330 e. The van der Waals surface area contributed by atoms with Crippen LogP contribution in [0.3, 0.4) is 0 Å². The molecule has 1 unspecified atom stereocenters. The average molecular weight is 314 g/mol. The van der Waals surface area contributed by atoms with E-state index in [2.05, 4.69) is 15.9 Å². The molecule has 0 aliphatic carbocycles. The Labute approximate surface area is 113 Å². The van der Waals surface area contributed by atoms with E-state index in [0.717, 1.165) is 10.9 Å². The van der Waals surface area contributed by atoms with Crippen molar-refractivity contribution in [2.24, 2.45) is 5.73 Å². The maximum atomic E-state index is 13.7. The van der Waals surface area contributed by atoms with Crippen molar-refractivity contribution in [1.29, 1.82) is 0 Å². The van der Waals surface area contributed by atoms with Crippen LogP contribution in [0.15, 0.2) is 40.2 Å². The number of thiophene rings is 1. The first-order chi connectivity index (χ1) is 8.22. The summed E-state index contributed by atoms with van der Waals surface area (Å²) in [4.78, 5) is 1.21. The summed E-state index contributed by atoms with van der Waals surface area (Å²) in [6.07, 6.45) is 0.773. The highest BCUT2D eigenvalue weighted by Gasteiger charge is 2.16. The van der Waals surface area contributed by atoms with E-state index < -0.39 is 0 Å². The summed E-state index contributed by atoms with van der Waals surface area (Å²) in [5.74, 6) is -0.137. The van der Waals surface area contributed by atoms with Crippen LogP contribution in [0.2, 0.25) is 0 Å². The van der Waals surface area contributed by atoms with Crippen molar-refractivity contribution in [3.8, 4) is 0 Å². The van der Waals surface area contributed by atoms with Gasteiger partial charge >= 0.3 is 0 Å². The summed E-state index contributed by atoms with van der Waals surface area (Å²) in [6, 6.07) is 8.86. The van der Waals surface area contributed by atoms with Crippen molar-refractivity contribution >= 4 is 27.3 Å². The first kappa shape index (κ1) is 12.7. The van der Waals surface area contributed by atoms with Crippen LogP contribution < -0.4 is 5.73 Å². The molecule has 2 rings (SSSR count). The Morgan fingerprint density at radius 1 is 1.29 bits per heavy atom. The highest BCUT2D eigenvalue weighted by Crippen LogP contribution is 2.29. The topological polar surface area (TPSA) is 26.0 Å². The smallest absolute Gasteiger partial charge is 0.126 e. The summed E-state index contributed by atoms with van der Waals surface area (Å²) >= 11 is 5.16. The molecule has 0 radical (unpaired) electrons. The van der Waals surface area contributed by atoms with Gasteiger partial charge in [0.2, 0.25) is 0 Å². The number of halogens is 2. The van der Waals surface area contributed by atoms with E-state index in [0.29, 0.717) is 12.1 Å². The molecule has 2 N–H and O–H groups in total. The number of rotatable bonds is 4. The molecular weight excluding hydrogens is 301 g/mol. The Morgan fingerprint density at radius 2 is 2.06 bits per heavy atom. The fourth-order valence-corrected chi connectivity index (χ4v) is 3.42. The highest BCUT2D eigenvalue weighted by atomic mass is 79.9. The zero-order valence-electron chi connectivity index (χ0n) is 9.20. The van der Waals surface area contributed by atoms with Gasteiger partial charge in [0, 0.05) is 15.3 Å². The van der Waals surface area contributed by atoms with Gasteiger partial charge in [-0.05, 0) is 52.0 Å². The molecule has 0 fully saturated rings. The molecule has 0 saturated carbocycles. The number of benzene rings is 1. The van der Waals surface area contributed by atoms with Crippen LogP contribution in [0.25, 0.3) is 0 Å². The van der Waals surface area contributed by atoms with Crippen LogP contribution in [0.5, 0.6) is 0 Å². The second-order valence-corrected chi connectivity index (χ2v) is 5.70. The van der Waals surface area contributed by atoms with Gasteiger partial charge in [0.05, 0.1) is 0 Å². The van der Waals surface area contributed by atoms with Crippen molar-refractivity contribution in [1.82, 2.24) is 0 Å². The second kappa shape index (κ2) is 5.76. The van der Waals surface area contributed by atoms with E-state index in [-0.39, 0.29) is 11.7 Å². The second-order valence-electron chi connectivity index (χ2n) is 3.85. The fraction of sp³-hybridized carbons (Fsp3) is 0.231. The lowest BCUT2D eigenvalue weighted by Gasteiger charge is -2.15. The molecular formula is C13H13BrFNS. The predicted octanol–water partition coefficient (Wildman–Crippen LogP) is 3.93. The SMILES string of the molecule is NCC(Cc1sccc1Br)c1ccccc1F. The van der Waals surface area contributed by atoms with E-state index >= 15 is 0 Å². The van der Waals surface area contributed by atoms with Gasteiger partial charge in [0.1, 0.15) is 5.82 Å². The minimum absolute atomic E-state index is 0.0335. The monoisotopic (exact) mass is 313 g/mol. The first-order valence-corrected chi connectivity index (χ1v) is 7.06. The highest BCUT2D eigenvalue weighted by molar-refractivity contribution is 9.10. The summed E-state index contributed by atoms with van der Waals surface area (Å²) in [7, 11) is 0. The first-order valence-electron chi connectivity index (χ1n) is 5.38. The van der Waals surface area contributed by atoms with Crippen molar-refractivity contribution in [3.05, 3.63) is 56.4 Å². The number of hydrogen-bond acceptors (Lipinski definition) is 2. The molecule has 0 saturated heterocycles. The minimum atomic E-state index is -0.171. The summed E-state index contributed by atoms with van der Waals surface area (Å²) < 4.78 is 14.8. The van der Waals surface area contributed by atoms with Crippen LogP contribution in [0, 0.1) is 5.82 Å². The van der Waals surface area contributed by atoms with Crippen LogP contribution in [0.1, 0.15) is 16.4 Å². The Balaban J connectivity index is 2.23. The van der Waals surface area contributed by atoms with E-state index in [1.807, 2.05) is 23.6 Å². The molecule has 4 heteroatoms. The normalized spacial score (nSPS) is 12.6. The molecule has 0 aliphatic heterocycles. The van der Waals surface area contributed by atoms with Gasteiger partial charge in [-0.25, -0.2) is 4.39 Å². The quantitative estimate of drug-likeness (QED) is 0.909. The molecule has 1 aromatic heterocycles. The molecule has 17 heavy (non-hydrogen) atoms. The van der Waals surface area contributed by atoms with Gasteiger partial charge in [-0.3, -0.25) is 0 Å². The summed E-state index contributed by atoms with van der Waals surface area (Å²) in [6.45, 7) is 0.450. The molecule has 1 heterocycles. The Hall–Kier alpha value is -0.710. The average Bonchev–Trinajstić information content (AvgIpc) is 2.73. The third-order valence-corrected chi connectivity index (χ3v) is 4.70. The standard InChI is InChI=1S/C13H13BrFNS/c14-11-5-6-17-13(11)7-9(8-16)10-3-1-2-4-12(10)15/h1-6,9H,7-8,16H2.